The Labute approximate surface area is 153 Å². The third kappa shape index (κ3) is 4.23. The lowest BCUT2D eigenvalue weighted by Gasteiger charge is -2.15. The maximum absolute atomic E-state index is 12.5. The number of methoxy groups -OCH3 is 1. The van der Waals surface area contributed by atoms with Crippen molar-refractivity contribution in [2.24, 2.45) is 0 Å². The second-order valence-electron chi connectivity index (χ2n) is 6.21. The minimum absolute atomic E-state index is 0.173. The molecule has 26 heavy (non-hydrogen) atoms. The summed E-state index contributed by atoms with van der Waals surface area (Å²) in [5.74, 6) is 0.528. The van der Waals surface area contributed by atoms with Crippen molar-refractivity contribution in [1.82, 2.24) is 4.31 Å². The summed E-state index contributed by atoms with van der Waals surface area (Å²) in [6.07, 6.45) is 2.01. The summed E-state index contributed by atoms with van der Waals surface area (Å²) in [6, 6.07) is 13.6. The van der Waals surface area contributed by atoms with Crippen LogP contribution in [0.2, 0.25) is 0 Å². The molecular weight excluding hydrogens is 352 g/mol. The number of hydrogen-bond acceptors (Lipinski definition) is 4. The van der Waals surface area contributed by atoms with Crippen LogP contribution >= 0.6 is 0 Å². The summed E-state index contributed by atoms with van der Waals surface area (Å²) in [5.41, 5.74) is 1.41. The Balaban J connectivity index is 1.64. The molecule has 1 amide bonds. The van der Waals surface area contributed by atoms with Crippen molar-refractivity contribution in [3.63, 3.8) is 0 Å². The molecule has 1 saturated heterocycles. The number of carbonyl (C=O) groups is 1. The van der Waals surface area contributed by atoms with Gasteiger partial charge in [0.2, 0.25) is 15.9 Å². The summed E-state index contributed by atoms with van der Waals surface area (Å²) in [7, 11) is -1.85. The molecule has 7 heteroatoms. The molecule has 1 fully saturated rings. The van der Waals surface area contributed by atoms with E-state index in [1.807, 2.05) is 24.3 Å². The van der Waals surface area contributed by atoms with Crippen LogP contribution in [-0.4, -0.2) is 38.8 Å². The van der Waals surface area contributed by atoms with E-state index >= 15 is 0 Å². The zero-order valence-corrected chi connectivity index (χ0v) is 15.5. The number of carbonyl (C=O) groups excluding carboxylic acids is 1. The molecule has 2 aromatic carbocycles. The Bertz CT molecular complexity index is 873. The molecule has 0 bridgehead atoms. The number of sulfonamides is 1. The van der Waals surface area contributed by atoms with Gasteiger partial charge in [-0.05, 0) is 54.8 Å². The fraction of sp³-hybridized carbons (Fsp3) is 0.316. The molecule has 2 aromatic rings. The predicted octanol–water partition coefficient (Wildman–Crippen LogP) is 2.66. The van der Waals surface area contributed by atoms with Gasteiger partial charge in [0.15, 0.2) is 0 Å². The largest absolute Gasteiger partial charge is 0.497 e. The summed E-state index contributed by atoms with van der Waals surface area (Å²) in [4.78, 5) is 12.4. The van der Waals surface area contributed by atoms with Crippen LogP contribution < -0.4 is 10.1 Å². The van der Waals surface area contributed by atoms with Gasteiger partial charge in [-0.2, -0.15) is 4.31 Å². The number of amides is 1. The van der Waals surface area contributed by atoms with Gasteiger partial charge in [0, 0.05) is 18.8 Å². The van der Waals surface area contributed by atoms with E-state index in [4.69, 9.17) is 4.74 Å². The van der Waals surface area contributed by atoms with Crippen molar-refractivity contribution in [3.8, 4) is 5.75 Å². The standard InChI is InChI=1S/C19H22N2O4S/c1-25-17-6-4-5-15(13-17)14-19(22)20-16-7-9-18(10-8-16)26(23,24)21-11-2-3-12-21/h4-10,13H,2-3,11-12,14H2,1H3,(H,20,22). The first-order chi connectivity index (χ1) is 12.5. The van der Waals surface area contributed by atoms with Crippen LogP contribution in [0.25, 0.3) is 0 Å². The first kappa shape index (κ1) is 18.4. The maximum atomic E-state index is 12.5. The Hall–Kier alpha value is -2.38. The van der Waals surface area contributed by atoms with Gasteiger partial charge in [0.05, 0.1) is 18.4 Å². The molecule has 1 N–H and O–H groups in total. The van der Waals surface area contributed by atoms with E-state index in [-0.39, 0.29) is 17.2 Å². The highest BCUT2D eigenvalue weighted by atomic mass is 32.2. The lowest BCUT2D eigenvalue weighted by atomic mass is 10.1. The molecule has 6 nitrogen and oxygen atoms in total. The highest BCUT2D eigenvalue weighted by Crippen LogP contribution is 2.22. The predicted molar refractivity (Wildman–Crippen MR) is 99.8 cm³/mol. The zero-order valence-electron chi connectivity index (χ0n) is 14.6. The van der Waals surface area contributed by atoms with E-state index in [0.29, 0.717) is 24.5 Å². The van der Waals surface area contributed by atoms with E-state index in [2.05, 4.69) is 5.32 Å². The summed E-state index contributed by atoms with van der Waals surface area (Å²) in [6.45, 7) is 1.14. The molecule has 1 aliphatic rings. The number of ether oxygens (including phenoxy) is 1. The molecule has 1 heterocycles. The molecular formula is C19H22N2O4S. The average Bonchev–Trinajstić information content (AvgIpc) is 3.18. The fourth-order valence-electron chi connectivity index (χ4n) is 2.96. The van der Waals surface area contributed by atoms with Crippen LogP contribution in [0.4, 0.5) is 5.69 Å². The molecule has 1 aliphatic heterocycles. The third-order valence-electron chi connectivity index (χ3n) is 4.34. The molecule has 0 saturated carbocycles. The monoisotopic (exact) mass is 374 g/mol. The minimum atomic E-state index is -3.43. The van der Waals surface area contributed by atoms with Gasteiger partial charge in [-0.25, -0.2) is 8.42 Å². The molecule has 0 aliphatic carbocycles. The Morgan fingerprint density at radius 3 is 2.46 bits per heavy atom. The van der Waals surface area contributed by atoms with Crippen LogP contribution in [0.15, 0.2) is 53.4 Å². The first-order valence-corrected chi connectivity index (χ1v) is 9.96. The zero-order chi connectivity index (χ0) is 18.6. The summed E-state index contributed by atoms with van der Waals surface area (Å²) < 4.78 is 31.6. The normalized spacial score (nSPS) is 15.0. The number of anilines is 1. The third-order valence-corrected chi connectivity index (χ3v) is 6.25. The number of rotatable bonds is 6. The van der Waals surface area contributed by atoms with E-state index < -0.39 is 10.0 Å². The Morgan fingerprint density at radius 1 is 1.12 bits per heavy atom. The lowest BCUT2D eigenvalue weighted by Crippen LogP contribution is -2.27. The smallest absolute Gasteiger partial charge is 0.243 e. The maximum Gasteiger partial charge on any atom is 0.243 e. The fourth-order valence-corrected chi connectivity index (χ4v) is 4.48. The van der Waals surface area contributed by atoms with E-state index in [1.54, 1.807) is 19.2 Å². The van der Waals surface area contributed by atoms with Crippen molar-refractivity contribution < 1.29 is 17.9 Å². The van der Waals surface area contributed by atoms with E-state index in [0.717, 1.165) is 18.4 Å². The summed E-state index contributed by atoms with van der Waals surface area (Å²) in [5, 5.41) is 2.79. The summed E-state index contributed by atoms with van der Waals surface area (Å²) >= 11 is 0. The number of nitrogens with zero attached hydrogens (tertiary/aromatic N) is 1. The van der Waals surface area contributed by atoms with E-state index in [9.17, 15) is 13.2 Å². The minimum Gasteiger partial charge on any atom is -0.497 e. The number of nitrogens with one attached hydrogen (secondary N) is 1. The van der Waals surface area contributed by atoms with Crippen LogP contribution in [0.5, 0.6) is 5.75 Å². The number of hydrogen-bond donors (Lipinski definition) is 1. The van der Waals surface area contributed by atoms with Gasteiger partial charge in [0.1, 0.15) is 5.75 Å². The SMILES string of the molecule is COc1cccc(CC(=O)Nc2ccc(S(=O)(=O)N3CCCC3)cc2)c1. The highest BCUT2D eigenvalue weighted by molar-refractivity contribution is 7.89. The Morgan fingerprint density at radius 2 is 1.81 bits per heavy atom. The molecule has 3 rings (SSSR count). The van der Waals surface area contributed by atoms with Crippen molar-refractivity contribution >= 4 is 21.6 Å². The molecule has 0 radical (unpaired) electrons. The molecule has 0 atom stereocenters. The average molecular weight is 374 g/mol. The van der Waals surface area contributed by atoms with Gasteiger partial charge in [0.25, 0.3) is 0 Å². The second kappa shape index (κ2) is 7.88. The van der Waals surface area contributed by atoms with Crippen molar-refractivity contribution in [3.05, 3.63) is 54.1 Å². The van der Waals surface area contributed by atoms with Crippen molar-refractivity contribution in [2.75, 3.05) is 25.5 Å². The van der Waals surface area contributed by atoms with Gasteiger partial charge in [-0.1, -0.05) is 12.1 Å². The van der Waals surface area contributed by atoms with Crippen LogP contribution in [0, 0.1) is 0 Å². The topological polar surface area (TPSA) is 75.7 Å². The number of benzene rings is 2. The lowest BCUT2D eigenvalue weighted by molar-refractivity contribution is -0.115. The van der Waals surface area contributed by atoms with Crippen molar-refractivity contribution in [1.29, 1.82) is 0 Å². The van der Waals surface area contributed by atoms with Gasteiger partial charge >= 0.3 is 0 Å². The van der Waals surface area contributed by atoms with Crippen LogP contribution in [0.3, 0.4) is 0 Å². The van der Waals surface area contributed by atoms with Gasteiger partial charge < -0.3 is 10.1 Å². The molecule has 138 valence electrons. The molecule has 0 spiro atoms. The van der Waals surface area contributed by atoms with Crippen LogP contribution in [-0.2, 0) is 21.2 Å². The van der Waals surface area contributed by atoms with E-state index in [1.165, 1.54) is 16.4 Å². The van der Waals surface area contributed by atoms with Gasteiger partial charge in [-0.3, -0.25) is 4.79 Å². The van der Waals surface area contributed by atoms with Gasteiger partial charge in [-0.15, -0.1) is 0 Å². The van der Waals surface area contributed by atoms with Crippen LogP contribution in [0.1, 0.15) is 18.4 Å². The highest BCUT2D eigenvalue weighted by Gasteiger charge is 2.26. The molecule has 0 unspecified atom stereocenters. The first-order valence-electron chi connectivity index (χ1n) is 8.52. The second-order valence-corrected chi connectivity index (χ2v) is 8.15. The van der Waals surface area contributed by atoms with Crippen molar-refractivity contribution in [2.45, 2.75) is 24.2 Å². The quantitative estimate of drug-likeness (QED) is 0.843. The Kier molecular flexibility index (Phi) is 5.58. The molecule has 0 aromatic heterocycles.